The van der Waals surface area contributed by atoms with Crippen LogP contribution in [0.4, 0.5) is 0 Å². The summed E-state index contributed by atoms with van der Waals surface area (Å²) in [7, 11) is 0. The maximum absolute atomic E-state index is 12.5. The van der Waals surface area contributed by atoms with Gasteiger partial charge >= 0.3 is 0 Å². The van der Waals surface area contributed by atoms with Crippen molar-refractivity contribution in [1.82, 2.24) is 9.97 Å². The van der Waals surface area contributed by atoms with Crippen LogP contribution in [0.2, 0.25) is 0 Å². The molecule has 0 bridgehead atoms. The van der Waals surface area contributed by atoms with Gasteiger partial charge in [-0.2, -0.15) is 0 Å². The van der Waals surface area contributed by atoms with Crippen molar-refractivity contribution >= 4 is 17.5 Å². The van der Waals surface area contributed by atoms with E-state index in [9.17, 15) is 4.79 Å². The van der Waals surface area contributed by atoms with Gasteiger partial charge in [-0.15, -0.1) is 0 Å². The highest BCUT2D eigenvalue weighted by atomic mass is 32.2. The van der Waals surface area contributed by atoms with Gasteiger partial charge in [0, 0.05) is 17.0 Å². The fraction of sp³-hybridized carbons (Fsp3) is 0.389. The van der Waals surface area contributed by atoms with E-state index in [2.05, 4.69) is 23.0 Å². The number of hydrogen-bond donors (Lipinski definition) is 0. The largest absolute Gasteiger partial charge is 0.293 e. The van der Waals surface area contributed by atoms with Crippen LogP contribution in [0.5, 0.6) is 0 Å². The summed E-state index contributed by atoms with van der Waals surface area (Å²) in [6, 6.07) is 4.06. The molecule has 1 aromatic carbocycles. The normalized spacial score (nSPS) is 10.8. The van der Waals surface area contributed by atoms with Crippen molar-refractivity contribution in [3.63, 3.8) is 0 Å². The average molecular weight is 314 g/mol. The molecule has 0 radical (unpaired) electrons. The molecule has 0 spiro atoms. The van der Waals surface area contributed by atoms with Crippen molar-refractivity contribution in [2.75, 3.05) is 5.75 Å². The quantitative estimate of drug-likeness (QED) is 0.479. The van der Waals surface area contributed by atoms with E-state index in [4.69, 9.17) is 0 Å². The van der Waals surface area contributed by atoms with Gasteiger partial charge in [0.2, 0.25) is 0 Å². The molecule has 0 aliphatic heterocycles. The van der Waals surface area contributed by atoms with Gasteiger partial charge in [-0.1, -0.05) is 17.8 Å². The molecule has 0 fully saturated rings. The highest BCUT2D eigenvalue weighted by Crippen LogP contribution is 2.21. The first-order chi connectivity index (χ1) is 10.3. The number of hydrogen-bond acceptors (Lipinski definition) is 4. The first-order valence-electron chi connectivity index (χ1n) is 7.35. The van der Waals surface area contributed by atoms with Crippen LogP contribution in [0.3, 0.4) is 0 Å². The van der Waals surface area contributed by atoms with Crippen LogP contribution in [-0.2, 0) is 0 Å². The standard InChI is InChI=1S/C18H22N2OS/c1-10-7-12(3)16(8-11(10)2)17(21)9-22-18-19-14(5)13(4)15(6)20-18/h7-8H,9H2,1-6H3. The van der Waals surface area contributed by atoms with Crippen LogP contribution in [0.15, 0.2) is 17.3 Å². The predicted molar refractivity (Wildman–Crippen MR) is 92.0 cm³/mol. The van der Waals surface area contributed by atoms with Gasteiger partial charge in [-0.05, 0) is 69.9 Å². The van der Waals surface area contributed by atoms with Crippen molar-refractivity contribution in [2.24, 2.45) is 0 Å². The number of aromatic nitrogens is 2. The zero-order valence-electron chi connectivity index (χ0n) is 14.1. The first-order valence-corrected chi connectivity index (χ1v) is 8.34. The Bertz CT molecular complexity index is 715. The Hall–Kier alpha value is -1.68. The molecule has 1 heterocycles. The second-order valence-electron chi connectivity index (χ2n) is 5.77. The zero-order chi connectivity index (χ0) is 16.4. The fourth-order valence-electron chi connectivity index (χ4n) is 2.27. The van der Waals surface area contributed by atoms with Crippen LogP contribution in [0, 0.1) is 41.5 Å². The molecular formula is C18H22N2OS. The molecule has 3 nitrogen and oxygen atoms in total. The lowest BCUT2D eigenvalue weighted by Crippen LogP contribution is -2.07. The lowest BCUT2D eigenvalue weighted by Gasteiger charge is -2.09. The molecule has 2 rings (SSSR count). The average Bonchev–Trinajstić information content (AvgIpc) is 2.45. The topological polar surface area (TPSA) is 42.9 Å². The van der Waals surface area contributed by atoms with E-state index in [1.807, 2.05) is 40.7 Å². The minimum absolute atomic E-state index is 0.130. The SMILES string of the molecule is Cc1cc(C)c(C(=O)CSc2nc(C)c(C)c(C)n2)cc1C. The van der Waals surface area contributed by atoms with Crippen molar-refractivity contribution in [1.29, 1.82) is 0 Å². The van der Waals surface area contributed by atoms with E-state index in [0.29, 0.717) is 10.9 Å². The van der Waals surface area contributed by atoms with Crippen LogP contribution >= 0.6 is 11.8 Å². The van der Waals surface area contributed by atoms with Gasteiger partial charge in [0.15, 0.2) is 10.9 Å². The maximum atomic E-state index is 12.5. The van der Waals surface area contributed by atoms with Gasteiger partial charge in [0.25, 0.3) is 0 Å². The molecule has 1 aromatic heterocycles. The predicted octanol–water partition coefficient (Wildman–Crippen LogP) is 4.30. The number of carbonyl (C=O) groups excluding carboxylic acids is 1. The van der Waals surface area contributed by atoms with Crippen LogP contribution < -0.4 is 0 Å². The first kappa shape index (κ1) is 16.7. The lowest BCUT2D eigenvalue weighted by molar-refractivity contribution is 0.102. The third kappa shape index (κ3) is 3.55. The molecule has 0 amide bonds. The number of benzene rings is 1. The molecule has 0 aliphatic rings. The molecule has 0 saturated carbocycles. The molecule has 2 aromatic rings. The summed E-state index contributed by atoms with van der Waals surface area (Å²) >= 11 is 1.41. The Morgan fingerprint density at radius 2 is 1.45 bits per heavy atom. The van der Waals surface area contributed by atoms with Crippen molar-refractivity contribution in [2.45, 2.75) is 46.7 Å². The Balaban J connectivity index is 2.15. The van der Waals surface area contributed by atoms with Gasteiger partial charge in [-0.3, -0.25) is 4.79 Å². The summed E-state index contributed by atoms with van der Waals surface area (Å²) in [5.41, 5.74) is 7.27. The van der Waals surface area contributed by atoms with Crippen LogP contribution in [0.1, 0.15) is 44.0 Å². The molecule has 22 heavy (non-hydrogen) atoms. The molecule has 116 valence electrons. The highest BCUT2D eigenvalue weighted by molar-refractivity contribution is 7.99. The summed E-state index contributed by atoms with van der Waals surface area (Å²) in [4.78, 5) is 21.4. The lowest BCUT2D eigenvalue weighted by atomic mass is 9.99. The maximum Gasteiger partial charge on any atom is 0.188 e. The highest BCUT2D eigenvalue weighted by Gasteiger charge is 2.13. The van der Waals surface area contributed by atoms with Crippen molar-refractivity contribution in [3.05, 3.63) is 51.3 Å². The second-order valence-corrected chi connectivity index (χ2v) is 6.71. The summed E-state index contributed by atoms with van der Waals surface area (Å²) < 4.78 is 0. The van der Waals surface area contributed by atoms with Gasteiger partial charge < -0.3 is 0 Å². The molecule has 0 atom stereocenters. The third-order valence-electron chi connectivity index (χ3n) is 4.09. The van der Waals surface area contributed by atoms with E-state index in [1.165, 1.54) is 17.3 Å². The Morgan fingerprint density at radius 3 is 2.05 bits per heavy atom. The minimum atomic E-state index is 0.130. The van der Waals surface area contributed by atoms with E-state index < -0.39 is 0 Å². The molecule has 0 unspecified atom stereocenters. The summed E-state index contributed by atoms with van der Waals surface area (Å²) in [5.74, 6) is 0.496. The summed E-state index contributed by atoms with van der Waals surface area (Å²) in [6.45, 7) is 12.1. The van der Waals surface area contributed by atoms with Crippen molar-refractivity contribution in [3.8, 4) is 0 Å². The van der Waals surface area contributed by atoms with E-state index in [-0.39, 0.29) is 5.78 Å². The zero-order valence-corrected chi connectivity index (χ0v) is 14.9. The monoisotopic (exact) mass is 314 g/mol. The Labute approximate surface area is 136 Å². The number of Topliss-reactive ketones (excluding diaryl/α,β-unsaturated/α-hetero) is 1. The molecule has 0 aliphatic carbocycles. The van der Waals surface area contributed by atoms with E-state index >= 15 is 0 Å². The number of aryl methyl sites for hydroxylation is 5. The van der Waals surface area contributed by atoms with E-state index in [1.54, 1.807) is 0 Å². The van der Waals surface area contributed by atoms with Crippen molar-refractivity contribution < 1.29 is 4.79 Å². The molecule has 0 N–H and O–H groups in total. The molecule has 4 heteroatoms. The van der Waals surface area contributed by atoms with Gasteiger partial charge in [0.05, 0.1) is 5.75 Å². The van der Waals surface area contributed by atoms with E-state index in [0.717, 1.165) is 33.6 Å². The van der Waals surface area contributed by atoms with Gasteiger partial charge in [-0.25, -0.2) is 9.97 Å². The number of rotatable bonds is 4. The molecule has 0 saturated heterocycles. The van der Waals surface area contributed by atoms with Gasteiger partial charge in [0.1, 0.15) is 0 Å². The molecular weight excluding hydrogens is 292 g/mol. The third-order valence-corrected chi connectivity index (χ3v) is 4.93. The number of thioether (sulfide) groups is 1. The number of ketones is 1. The number of carbonyl (C=O) groups is 1. The minimum Gasteiger partial charge on any atom is -0.293 e. The summed E-state index contributed by atoms with van der Waals surface area (Å²) in [6.07, 6.45) is 0. The number of nitrogens with zero attached hydrogens (tertiary/aromatic N) is 2. The Kier molecular flexibility index (Phi) is 5.01. The Morgan fingerprint density at radius 1 is 0.909 bits per heavy atom. The second kappa shape index (κ2) is 6.61. The van der Waals surface area contributed by atoms with Crippen LogP contribution in [-0.4, -0.2) is 21.5 Å². The summed E-state index contributed by atoms with van der Waals surface area (Å²) in [5, 5.41) is 0.676. The van der Waals surface area contributed by atoms with Crippen LogP contribution in [0.25, 0.3) is 0 Å². The fourth-order valence-corrected chi connectivity index (χ4v) is 3.09. The smallest absolute Gasteiger partial charge is 0.188 e.